The molecule has 4 rings (SSSR count). The van der Waals surface area contributed by atoms with E-state index in [2.05, 4.69) is 20.4 Å². The lowest BCUT2D eigenvalue weighted by Crippen LogP contribution is -2.11. The largest absolute Gasteiger partial charge is 0.416 e. The van der Waals surface area contributed by atoms with Crippen molar-refractivity contribution in [3.63, 3.8) is 0 Å². The summed E-state index contributed by atoms with van der Waals surface area (Å²) in [5.41, 5.74) is 1.57. The zero-order valence-corrected chi connectivity index (χ0v) is 16.3. The van der Waals surface area contributed by atoms with E-state index in [9.17, 15) is 18.0 Å². The Hall–Kier alpha value is -3.53. The van der Waals surface area contributed by atoms with E-state index in [1.807, 2.05) is 0 Å². The smallest absolute Gasteiger partial charge is 0.319 e. The maximum absolute atomic E-state index is 12.7. The second-order valence-electron chi connectivity index (χ2n) is 6.34. The molecule has 0 aliphatic carbocycles. The van der Waals surface area contributed by atoms with E-state index >= 15 is 0 Å². The van der Waals surface area contributed by atoms with E-state index in [0.717, 1.165) is 29.2 Å². The summed E-state index contributed by atoms with van der Waals surface area (Å²) in [6, 6.07) is 8.26. The predicted molar refractivity (Wildman–Crippen MR) is 107 cm³/mol. The fraction of sp³-hybridized carbons (Fsp3) is 0.100. The molecule has 10 heteroatoms. The fourth-order valence-corrected chi connectivity index (χ4v) is 3.71. The van der Waals surface area contributed by atoms with Crippen LogP contribution in [0.3, 0.4) is 0 Å². The summed E-state index contributed by atoms with van der Waals surface area (Å²) >= 11 is 1.12. The van der Waals surface area contributed by atoms with Gasteiger partial charge in [0.1, 0.15) is 9.88 Å². The lowest BCUT2D eigenvalue weighted by atomic mass is 10.1. The highest BCUT2D eigenvalue weighted by Crippen LogP contribution is 2.33. The van der Waals surface area contributed by atoms with Crippen molar-refractivity contribution < 1.29 is 18.0 Å². The lowest BCUT2D eigenvalue weighted by molar-refractivity contribution is -0.137. The zero-order valence-electron chi connectivity index (χ0n) is 15.5. The van der Waals surface area contributed by atoms with Gasteiger partial charge < -0.3 is 5.32 Å². The summed E-state index contributed by atoms with van der Waals surface area (Å²) in [6.07, 6.45) is 2.06. The van der Waals surface area contributed by atoms with Crippen LogP contribution >= 0.6 is 11.3 Å². The third kappa shape index (κ3) is 4.08. The number of nitrogens with zero attached hydrogens (tertiary/aromatic N) is 4. The number of anilines is 1. The Bertz CT molecular complexity index is 1180. The first-order chi connectivity index (χ1) is 14.3. The van der Waals surface area contributed by atoms with Crippen molar-refractivity contribution in [2.75, 3.05) is 5.32 Å². The van der Waals surface area contributed by atoms with Gasteiger partial charge in [0.2, 0.25) is 0 Å². The van der Waals surface area contributed by atoms with Crippen LogP contribution in [0.15, 0.2) is 61.2 Å². The number of pyridine rings is 1. The van der Waals surface area contributed by atoms with E-state index < -0.39 is 11.7 Å². The van der Waals surface area contributed by atoms with Crippen LogP contribution in [-0.4, -0.2) is 25.7 Å². The van der Waals surface area contributed by atoms with Crippen molar-refractivity contribution in [1.29, 1.82) is 0 Å². The normalized spacial score (nSPS) is 11.5. The molecule has 3 heterocycles. The number of aromatic nitrogens is 4. The van der Waals surface area contributed by atoms with Crippen LogP contribution in [-0.2, 0) is 6.18 Å². The summed E-state index contributed by atoms with van der Waals surface area (Å²) in [5, 5.41) is 7.44. The van der Waals surface area contributed by atoms with E-state index in [1.54, 1.807) is 42.3 Å². The van der Waals surface area contributed by atoms with Crippen LogP contribution in [0, 0.1) is 6.92 Å². The monoisotopic (exact) mass is 429 g/mol. The quantitative estimate of drug-likeness (QED) is 0.497. The standard InChI is InChI=1S/C20H14F3N5OS/c1-12-17(30-19(26-12)13-2-4-14(5-3-13)20(21,22)23)18(29)27-15-10-25-28(11-15)16-6-8-24-9-7-16/h2-11H,1H3,(H,27,29). The number of amides is 1. The molecule has 1 amide bonds. The molecule has 0 saturated carbocycles. The average molecular weight is 429 g/mol. The van der Waals surface area contributed by atoms with Gasteiger partial charge in [0.25, 0.3) is 5.91 Å². The molecule has 0 fully saturated rings. The topological polar surface area (TPSA) is 72.7 Å². The zero-order chi connectivity index (χ0) is 21.3. The molecule has 0 aliphatic rings. The van der Waals surface area contributed by atoms with Gasteiger partial charge in [-0.25, -0.2) is 9.67 Å². The minimum absolute atomic E-state index is 0.363. The van der Waals surface area contributed by atoms with E-state index in [0.29, 0.717) is 26.8 Å². The molecule has 0 radical (unpaired) electrons. The molecule has 30 heavy (non-hydrogen) atoms. The van der Waals surface area contributed by atoms with Crippen LogP contribution in [0.25, 0.3) is 16.3 Å². The van der Waals surface area contributed by atoms with Gasteiger partial charge in [-0.3, -0.25) is 9.78 Å². The van der Waals surface area contributed by atoms with Crippen molar-refractivity contribution in [3.05, 3.63) is 77.3 Å². The highest BCUT2D eigenvalue weighted by molar-refractivity contribution is 7.17. The van der Waals surface area contributed by atoms with Gasteiger partial charge in [-0.1, -0.05) is 12.1 Å². The fourth-order valence-electron chi connectivity index (χ4n) is 2.75. The van der Waals surface area contributed by atoms with Crippen LogP contribution in [0.4, 0.5) is 18.9 Å². The molecule has 1 N–H and O–H groups in total. The molecular weight excluding hydrogens is 415 g/mol. The van der Waals surface area contributed by atoms with Crippen molar-refractivity contribution >= 4 is 22.9 Å². The highest BCUT2D eigenvalue weighted by atomic mass is 32.1. The first-order valence-corrected chi connectivity index (χ1v) is 9.54. The Labute approximate surface area is 173 Å². The summed E-state index contributed by atoms with van der Waals surface area (Å²) in [4.78, 5) is 21.3. The minimum Gasteiger partial charge on any atom is -0.319 e. The summed E-state index contributed by atoms with van der Waals surface area (Å²) in [5.74, 6) is -0.363. The maximum atomic E-state index is 12.7. The van der Waals surface area contributed by atoms with Crippen LogP contribution < -0.4 is 5.32 Å². The molecule has 0 bridgehead atoms. The average Bonchev–Trinajstić information content (AvgIpc) is 3.35. The number of rotatable bonds is 4. The van der Waals surface area contributed by atoms with Gasteiger partial charge in [0.15, 0.2) is 0 Å². The number of benzene rings is 1. The Morgan fingerprint density at radius 3 is 2.47 bits per heavy atom. The molecule has 1 aromatic carbocycles. The Morgan fingerprint density at radius 1 is 1.10 bits per heavy atom. The number of carbonyl (C=O) groups is 1. The number of hydrogen-bond donors (Lipinski definition) is 1. The summed E-state index contributed by atoms with van der Waals surface area (Å²) in [6.45, 7) is 1.68. The summed E-state index contributed by atoms with van der Waals surface area (Å²) < 4.78 is 39.8. The predicted octanol–water partition coefficient (Wildman–Crippen LogP) is 4.97. The van der Waals surface area contributed by atoms with Crippen LogP contribution in [0.2, 0.25) is 0 Å². The number of carbonyl (C=O) groups excluding carboxylic acids is 1. The molecule has 0 spiro atoms. The van der Waals surface area contributed by atoms with Gasteiger partial charge >= 0.3 is 6.18 Å². The van der Waals surface area contributed by atoms with Crippen LogP contribution in [0.1, 0.15) is 20.9 Å². The molecule has 3 aromatic heterocycles. The third-order valence-electron chi connectivity index (χ3n) is 4.23. The Morgan fingerprint density at radius 2 is 1.80 bits per heavy atom. The minimum atomic E-state index is -4.40. The molecule has 6 nitrogen and oxygen atoms in total. The second-order valence-corrected chi connectivity index (χ2v) is 7.34. The SMILES string of the molecule is Cc1nc(-c2ccc(C(F)(F)F)cc2)sc1C(=O)Nc1cnn(-c2ccncc2)c1. The van der Waals surface area contributed by atoms with Crippen molar-refractivity contribution in [1.82, 2.24) is 19.7 Å². The number of hydrogen-bond acceptors (Lipinski definition) is 5. The highest BCUT2D eigenvalue weighted by Gasteiger charge is 2.30. The third-order valence-corrected chi connectivity index (χ3v) is 5.43. The molecule has 0 aliphatic heterocycles. The van der Waals surface area contributed by atoms with Crippen molar-refractivity contribution in [2.45, 2.75) is 13.1 Å². The number of halogens is 3. The first-order valence-electron chi connectivity index (χ1n) is 8.73. The van der Waals surface area contributed by atoms with Gasteiger partial charge in [0, 0.05) is 18.0 Å². The molecular formula is C20H14F3N5OS. The van der Waals surface area contributed by atoms with Gasteiger partial charge in [-0.15, -0.1) is 11.3 Å². The Balaban J connectivity index is 1.52. The number of thiazole rings is 1. The molecule has 0 unspecified atom stereocenters. The number of aryl methyl sites for hydroxylation is 1. The lowest BCUT2D eigenvalue weighted by Gasteiger charge is -2.06. The van der Waals surface area contributed by atoms with Gasteiger partial charge in [0.05, 0.1) is 35.0 Å². The number of alkyl halides is 3. The van der Waals surface area contributed by atoms with Crippen molar-refractivity contribution in [3.8, 4) is 16.3 Å². The molecule has 0 saturated heterocycles. The molecule has 4 aromatic rings. The van der Waals surface area contributed by atoms with Crippen molar-refractivity contribution in [2.24, 2.45) is 0 Å². The van der Waals surface area contributed by atoms with Crippen LogP contribution in [0.5, 0.6) is 0 Å². The molecule has 152 valence electrons. The molecule has 0 atom stereocenters. The Kier molecular flexibility index (Phi) is 5.08. The van der Waals surface area contributed by atoms with E-state index in [-0.39, 0.29) is 5.91 Å². The second kappa shape index (κ2) is 7.71. The van der Waals surface area contributed by atoms with E-state index in [4.69, 9.17) is 0 Å². The van der Waals surface area contributed by atoms with Gasteiger partial charge in [-0.05, 0) is 31.2 Å². The maximum Gasteiger partial charge on any atom is 0.416 e. The van der Waals surface area contributed by atoms with E-state index in [1.165, 1.54) is 18.3 Å². The summed E-state index contributed by atoms with van der Waals surface area (Å²) in [7, 11) is 0. The number of nitrogens with one attached hydrogen (secondary N) is 1. The first kappa shape index (κ1) is 19.8. The van der Waals surface area contributed by atoms with Gasteiger partial charge in [-0.2, -0.15) is 18.3 Å².